The van der Waals surface area contributed by atoms with Gasteiger partial charge in [0, 0.05) is 24.7 Å². The maximum absolute atomic E-state index is 13.6. The molecule has 0 bridgehead atoms. The van der Waals surface area contributed by atoms with Crippen LogP contribution in [0.1, 0.15) is 67.2 Å². The molecule has 1 heterocycles. The lowest BCUT2D eigenvalue weighted by Gasteiger charge is -2.32. The van der Waals surface area contributed by atoms with Gasteiger partial charge in [-0.2, -0.15) is 0 Å². The lowest BCUT2D eigenvalue weighted by molar-refractivity contribution is -0.131. The number of nitrogens with zero attached hydrogens (tertiary/aromatic N) is 2. The third kappa shape index (κ3) is 6.76. The first-order valence-corrected chi connectivity index (χ1v) is 14.5. The van der Waals surface area contributed by atoms with Gasteiger partial charge in [0.2, 0.25) is 11.8 Å². The van der Waals surface area contributed by atoms with Crippen LogP contribution >= 0.6 is 0 Å². The van der Waals surface area contributed by atoms with E-state index in [4.69, 9.17) is 5.73 Å². The summed E-state index contributed by atoms with van der Waals surface area (Å²) in [5, 5.41) is 2.91. The number of nitrogens with two attached hydrogens (primary N) is 1. The second-order valence-corrected chi connectivity index (χ2v) is 11.0. The average Bonchev–Trinajstić information content (AvgIpc) is 3.55. The van der Waals surface area contributed by atoms with Gasteiger partial charge in [-0.3, -0.25) is 14.5 Å². The quantitative estimate of drug-likeness (QED) is 0.375. The predicted molar refractivity (Wildman–Crippen MR) is 156 cm³/mol. The molecule has 2 aliphatic rings. The van der Waals surface area contributed by atoms with Gasteiger partial charge in [0.05, 0.1) is 6.54 Å². The molecule has 1 aliphatic heterocycles. The number of likely N-dealkylation sites (tertiary alicyclic amines) is 1. The third-order valence-electron chi connectivity index (χ3n) is 8.30. The first kappa shape index (κ1) is 28.3. The monoisotopic (exact) mass is 556 g/mol. The first-order chi connectivity index (χ1) is 19.9. The van der Waals surface area contributed by atoms with Gasteiger partial charge in [0.25, 0.3) is 0 Å². The minimum atomic E-state index is -0.876. The minimum Gasteiger partial charge on any atom is -0.368 e. The highest BCUT2D eigenvalue weighted by Crippen LogP contribution is 2.38. The van der Waals surface area contributed by atoms with E-state index in [1.807, 2.05) is 47.4 Å². The normalized spacial score (nSPS) is 19.4. The summed E-state index contributed by atoms with van der Waals surface area (Å²) in [7, 11) is 0. The van der Waals surface area contributed by atoms with Crippen LogP contribution in [-0.4, -0.2) is 35.8 Å². The van der Waals surface area contributed by atoms with Gasteiger partial charge in [-0.25, -0.2) is 9.18 Å². The second-order valence-electron chi connectivity index (χ2n) is 11.0. The van der Waals surface area contributed by atoms with E-state index in [9.17, 15) is 18.8 Å². The Bertz CT molecular complexity index is 1340. The molecule has 3 N–H and O–H groups in total. The molecule has 8 heteroatoms. The summed E-state index contributed by atoms with van der Waals surface area (Å²) < 4.78 is 13.6. The number of carbonyl (C=O) groups is 3. The smallest absolute Gasteiger partial charge is 0.324 e. The number of primary amides is 1. The SMILES string of the molecule is NC(=O)C(NC(=O)C1CCCCC1c1ccc(CN(C(=O)N2CCCC2)c2ccc(F)cc2)cc1)c1ccccc1. The average molecular weight is 557 g/mol. The van der Waals surface area contributed by atoms with E-state index in [2.05, 4.69) is 5.32 Å². The number of amides is 4. The Morgan fingerprint density at radius 2 is 1.54 bits per heavy atom. The third-order valence-corrected chi connectivity index (χ3v) is 8.30. The molecule has 3 aromatic carbocycles. The van der Waals surface area contributed by atoms with Crippen molar-refractivity contribution in [1.29, 1.82) is 0 Å². The van der Waals surface area contributed by atoms with Gasteiger partial charge in [0.1, 0.15) is 11.9 Å². The van der Waals surface area contributed by atoms with E-state index < -0.39 is 11.9 Å². The molecule has 2 fully saturated rings. The van der Waals surface area contributed by atoms with Gasteiger partial charge in [0.15, 0.2) is 0 Å². The van der Waals surface area contributed by atoms with E-state index in [1.54, 1.807) is 29.2 Å². The van der Waals surface area contributed by atoms with Gasteiger partial charge in [-0.05, 0) is 72.6 Å². The molecule has 7 nitrogen and oxygen atoms in total. The summed E-state index contributed by atoms with van der Waals surface area (Å²) >= 11 is 0. The molecular formula is C33H37FN4O3. The van der Waals surface area contributed by atoms with Crippen molar-refractivity contribution in [2.45, 2.75) is 57.0 Å². The Hall–Kier alpha value is -4.20. The fourth-order valence-corrected chi connectivity index (χ4v) is 6.08. The lowest BCUT2D eigenvalue weighted by atomic mass is 9.74. The number of benzene rings is 3. The molecule has 5 rings (SSSR count). The molecule has 3 aromatic rings. The number of halogens is 1. The highest BCUT2D eigenvalue weighted by Gasteiger charge is 2.34. The molecule has 0 aromatic heterocycles. The number of hydrogen-bond acceptors (Lipinski definition) is 3. The molecule has 1 saturated heterocycles. The summed E-state index contributed by atoms with van der Waals surface area (Å²) in [5.74, 6) is -1.35. The Morgan fingerprint density at radius 3 is 2.20 bits per heavy atom. The van der Waals surface area contributed by atoms with Gasteiger partial charge >= 0.3 is 6.03 Å². The molecule has 0 radical (unpaired) electrons. The van der Waals surface area contributed by atoms with E-state index in [0.717, 1.165) is 62.7 Å². The van der Waals surface area contributed by atoms with Crippen LogP contribution in [0.4, 0.5) is 14.9 Å². The van der Waals surface area contributed by atoms with Crippen LogP contribution < -0.4 is 16.0 Å². The van der Waals surface area contributed by atoms with Crippen molar-refractivity contribution in [3.8, 4) is 0 Å². The zero-order valence-electron chi connectivity index (χ0n) is 23.2. The number of carbonyl (C=O) groups excluding carboxylic acids is 3. The van der Waals surface area contributed by atoms with Crippen molar-refractivity contribution >= 4 is 23.5 Å². The second kappa shape index (κ2) is 13.0. The van der Waals surface area contributed by atoms with Crippen molar-refractivity contribution in [2.75, 3.05) is 18.0 Å². The summed E-state index contributed by atoms with van der Waals surface area (Å²) in [6, 6.07) is 22.2. The molecule has 0 spiro atoms. The van der Waals surface area contributed by atoms with Crippen molar-refractivity contribution in [2.24, 2.45) is 11.7 Å². The van der Waals surface area contributed by atoms with Crippen LogP contribution in [0.5, 0.6) is 0 Å². The lowest BCUT2D eigenvalue weighted by Crippen LogP contribution is -2.42. The fraction of sp³-hybridized carbons (Fsp3) is 0.364. The van der Waals surface area contributed by atoms with E-state index >= 15 is 0 Å². The first-order valence-electron chi connectivity index (χ1n) is 14.5. The Morgan fingerprint density at radius 1 is 0.878 bits per heavy atom. The number of urea groups is 1. The molecule has 214 valence electrons. The van der Waals surface area contributed by atoms with Crippen LogP contribution in [0.2, 0.25) is 0 Å². The number of hydrogen-bond donors (Lipinski definition) is 2. The Kier molecular flexibility index (Phi) is 8.97. The van der Waals surface area contributed by atoms with Crippen molar-refractivity contribution in [1.82, 2.24) is 10.2 Å². The van der Waals surface area contributed by atoms with Crippen LogP contribution in [0, 0.1) is 11.7 Å². The zero-order valence-corrected chi connectivity index (χ0v) is 23.2. The largest absolute Gasteiger partial charge is 0.368 e. The summed E-state index contributed by atoms with van der Waals surface area (Å²) in [6.07, 6.45) is 5.56. The Balaban J connectivity index is 1.32. The molecule has 41 heavy (non-hydrogen) atoms. The maximum Gasteiger partial charge on any atom is 0.324 e. The fourth-order valence-electron chi connectivity index (χ4n) is 6.08. The zero-order chi connectivity index (χ0) is 28.8. The molecule has 3 unspecified atom stereocenters. The summed E-state index contributed by atoms with van der Waals surface area (Å²) in [4.78, 5) is 42.6. The highest BCUT2D eigenvalue weighted by molar-refractivity contribution is 5.92. The van der Waals surface area contributed by atoms with Crippen molar-refractivity contribution in [3.63, 3.8) is 0 Å². The van der Waals surface area contributed by atoms with Gasteiger partial charge in [-0.15, -0.1) is 0 Å². The van der Waals surface area contributed by atoms with Gasteiger partial charge < -0.3 is 16.0 Å². The van der Waals surface area contributed by atoms with Gasteiger partial charge in [-0.1, -0.05) is 67.4 Å². The van der Waals surface area contributed by atoms with E-state index in [0.29, 0.717) is 17.8 Å². The van der Waals surface area contributed by atoms with Crippen LogP contribution in [0.3, 0.4) is 0 Å². The van der Waals surface area contributed by atoms with Crippen LogP contribution in [0.15, 0.2) is 78.9 Å². The number of anilines is 1. The number of rotatable bonds is 8. The van der Waals surface area contributed by atoms with E-state index in [1.165, 1.54) is 12.1 Å². The highest BCUT2D eigenvalue weighted by atomic mass is 19.1. The minimum absolute atomic E-state index is 0.0153. The molecule has 3 atom stereocenters. The topological polar surface area (TPSA) is 95.7 Å². The molecule has 1 saturated carbocycles. The van der Waals surface area contributed by atoms with E-state index in [-0.39, 0.29) is 29.6 Å². The Labute approximate surface area is 240 Å². The molecule has 1 aliphatic carbocycles. The predicted octanol–water partition coefficient (Wildman–Crippen LogP) is 5.66. The standard InChI is InChI=1S/C33H37FN4O3/c34-26-16-18-27(19-17-26)38(33(41)37-20-6-7-21-37)22-23-12-14-24(15-13-23)28-10-4-5-11-29(28)32(40)36-30(31(35)39)25-8-2-1-3-9-25/h1-3,8-9,12-19,28-30H,4-7,10-11,20-22H2,(H2,35,39)(H,36,40). The van der Waals surface area contributed by atoms with Crippen molar-refractivity contribution in [3.05, 3.63) is 101 Å². The summed E-state index contributed by atoms with van der Waals surface area (Å²) in [5.41, 5.74) is 8.98. The molecular weight excluding hydrogens is 519 g/mol. The van der Waals surface area contributed by atoms with Crippen molar-refractivity contribution < 1.29 is 18.8 Å². The summed E-state index contributed by atoms with van der Waals surface area (Å²) in [6.45, 7) is 1.80. The molecule has 4 amide bonds. The van der Waals surface area contributed by atoms with Crippen LogP contribution in [0.25, 0.3) is 0 Å². The number of nitrogens with one attached hydrogen (secondary N) is 1. The van der Waals surface area contributed by atoms with Crippen LogP contribution in [-0.2, 0) is 16.1 Å². The maximum atomic E-state index is 13.6.